The number of aliphatic hydroxyl groups is 1. The van der Waals surface area contributed by atoms with Crippen LogP contribution in [0.4, 0.5) is 0 Å². The fourth-order valence-electron chi connectivity index (χ4n) is 1.83. The van der Waals surface area contributed by atoms with E-state index in [9.17, 15) is 13.5 Å². The van der Waals surface area contributed by atoms with Gasteiger partial charge in [-0.05, 0) is 45.8 Å². The van der Waals surface area contributed by atoms with Gasteiger partial charge in [0.15, 0.2) is 9.84 Å². The monoisotopic (exact) mass is 389 g/mol. The molecule has 0 aliphatic rings. The molecule has 0 amide bonds. The predicted molar refractivity (Wildman–Crippen MR) is 88.2 cm³/mol. The number of thiophene rings is 1. The summed E-state index contributed by atoms with van der Waals surface area (Å²) < 4.78 is 23.8. The second-order valence-corrected chi connectivity index (χ2v) is 9.26. The molecule has 4 nitrogen and oxygen atoms in total. The molecule has 0 fully saturated rings. The van der Waals surface area contributed by atoms with Crippen molar-refractivity contribution in [3.8, 4) is 0 Å². The summed E-state index contributed by atoms with van der Waals surface area (Å²) >= 11 is 5.05. The largest absolute Gasteiger partial charge is 0.387 e. The molecule has 0 bridgehead atoms. The highest BCUT2D eigenvalue weighted by molar-refractivity contribution is 9.11. The number of sulfone groups is 1. The zero-order chi connectivity index (χ0) is 15.5. The maximum Gasteiger partial charge on any atom is 0.175 e. The fraction of sp³-hybridized carbons (Fsp3) is 0.286. The van der Waals surface area contributed by atoms with Crippen LogP contribution in [-0.4, -0.2) is 26.3 Å². The summed E-state index contributed by atoms with van der Waals surface area (Å²) in [7, 11) is -3.20. The zero-order valence-corrected chi connectivity index (χ0v) is 14.6. The zero-order valence-electron chi connectivity index (χ0n) is 11.4. The highest BCUT2D eigenvalue weighted by atomic mass is 79.9. The van der Waals surface area contributed by atoms with Crippen molar-refractivity contribution in [2.45, 2.75) is 17.5 Å². The smallest absolute Gasteiger partial charge is 0.175 e. The summed E-state index contributed by atoms with van der Waals surface area (Å²) in [5.74, 6) is 0. The van der Waals surface area contributed by atoms with Crippen molar-refractivity contribution in [2.24, 2.45) is 0 Å². The van der Waals surface area contributed by atoms with Crippen LogP contribution in [0.3, 0.4) is 0 Å². The van der Waals surface area contributed by atoms with E-state index in [0.29, 0.717) is 18.7 Å². The first-order valence-electron chi connectivity index (χ1n) is 6.29. The van der Waals surface area contributed by atoms with Gasteiger partial charge in [-0.2, -0.15) is 0 Å². The second kappa shape index (κ2) is 7.02. The predicted octanol–water partition coefficient (Wildman–Crippen LogP) is 2.74. The summed E-state index contributed by atoms with van der Waals surface area (Å²) in [4.78, 5) is 1.44. The number of nitrogens with one attached hydrogen (secondary N) is 1. The lowest BCUT2D eigenvalue weighted by molar-refractivity contribution is 0.174. The number of hydrogen-bond donors (Lipinski definition) is 2. The van der Waals surface area contributed by atoms with E-state index in [-0.39, 0.29) is 4.90 Å². The maximum atomic E-state index is 11.4. The van der Waals surface area contributed by atoms with Crippen molar-refractivity contribution >= 4 is 37.1 Å². The van der Waals surface area contributed by atoms with E-state index in [1.807, 2.05) is 12.1 Å². The molecule has 0 saturated carbocycles. The molecule has 1 aromatic heterocycles. The second-order valence-electron chi connectivity index (χ2n) is 4.69. The van der Waals surface area contributed by atoms with Crippen molar-refractivity contribution in [3.05, 3.63) is 50.6 Å². The van der Waals surface area contributed by atoms with Gasteiger partial charge in [0.2, 0.25) is 0 Å². The van der Waals surface area contributed by atoms with Crippen LogP contribution in [0.1, 0.15) is 16.5 Å². The highest BCUT2D eigenvalue weighted by Gasteiger charge is 2.10. The van der Waals surface area contributed by atoms with Gasteiger partial charge >= 0.3 is 0 Å². The molecule has 1 heterocycles. The molecule has 2 rings (SSSR count). The molecule has 1 unspecified atom stereocenters. The molecule has 1 atom stereocenters. The van der Waals surface area contributed by atoms with Gasteiger partial charge in [-0.3, -0.25) is 0 Å². The Kier molecular flexibility index (Phi) is 5.56. The average molecular weight is 390 g/mol. The van der Waals surface area contributed by atoms with Crippen molar-refractivity contribution in [1.29, 1.82) is 0 Å². The molecular weight excluding hydrogens is 374 g/mol. The topological polar surface area (TPSA) is 66.4 Å². The van der Waals surface area contributed by atoms with Crippen LogP contribution < -0.4 is 5.32 Å². The third-order valence-electron chi connectivity index (χ3n) is 2.96. The van der Waals surface area contributed by atoms with Gasteiger partial charge in [0, 0.05) is 24.2 Å². The van der Waals surface area contributed by atoms with Crippen LogP contribution >= 0.6 is 27.3 Å². The van der Waals surface area contributed by atoms with Crippen LogP contribution in [-0.2, 0) is 16.4 Å². The molecule has 0 radical (unpaired) electrons. The Morgan fingerprint density at radius 1 is 1.24 bits per heavy atom. The Balaban J connectivity index is 1.89. The van der Waals surface area contributed by atoms with E-state index in [1.54, 1.807) is 23.5 Å². The van der Waals surface area contributed by atoms with Crippen molar-refractivity contribution in [1.82, 2.24) is 5.32 Å². The van der Waals surface area contributed by atoms with Gasteiger partial charge in [-0.25, -0.2) is 8.42 Å². The van der Waals surface area contributed by atoms with Crippen molar-refractivity contribution in [2.75, 3.05) is 12.8 Å². The molecule has 1 aromatic carbocycles. The van der Waals surface area contributed by atoms with E-state index < -0.39 is 15.9 Å². The van der Waals surface area contributed by atoms with E-state index in [2.05, 4.69) is 21.2 Å². The first-order valence-corrected chi connectivity index (χ1v) is 9.79. The molecule has 114 valence electrons. The highest BCUT2D eigenvalue weighted by Crippen LogP contribution is 2.22. The van der Waals surface area contributed by atoms with Crippen molar-refractivity contribution < 1.29 is 13.5 Å². The van der Waals surface area contributed by atoms with Crippen LogP contribution in [0.25, 0.3) is 0 Å². The average Bonchev–Trinajstić information content (AvgIpc) is 2.83. The molecule has 0 saturated heterocycles. The summed E-state index contributed by atoms with van der Waals surface area (Å²) in [6, 6.07) is 10.3. The number of aliphatic hydroxyl groups excluding tert-OH is 1. The lowest BCUT2D eigenvalue weighted by Crippen LogP contribution is -2.20. The Morgan fingerprint density at radius 3 is 2.43 bits per heavy atom. The third kappa shape index (κ3) is 4.89. The first kappa shape index (κ1) is 16.6. The van der Waals surface area contributed by atoms with E-state index in [1.165, 1.54) is 23.3 Å². The van der Waals surface area contributed by atoms with Crippen molar-refractivity contribution in [3.63, 3.8) is 0 Å². The minimum absolute atomic E-state index is 0.259. The maximum absolute atomic E-state index is 11.4. The number of rotatable bonds is 6. The molecule has 0 aliphatic heterocycles. The quantitative estimate of drug-likeness (QED) is 0.796. The minimum Gasteiger partial charge on any atom is -0.387 e. The van der Waals surface area contributed by atoms with Gasteiger partial charge in [0.05, 0.1) is 14.8 Å². The van der Waals surface area contributed by atoms with E-state index in [4.69, 9.17) is 0 Å². The summed E-state index contributed by atoms with van der Waals surface area (Å²) in [6.45, 7) is 1.10. The van der Waals surface area contributed by atoms with Gasteiger partial charge in [-0.15, -0.1) is 11.3 Å². The van der Waals surface area contributed by atoms with Gasteiger partial charge in [0.25, 0.3) is 0 Å². The molecule has 0 aliphatic carbocycles. The van der Waals surface area contributed by atoms with Gasteiger partial charge < -0.3 is 10.4 Å². The Labute approximate surface area is 136 Å². The SMILES string of the molecule is CS(=O)(=O)c1ccc(C(O)CNCc2ccc(Br)s2)cc1. The van der Waals surface area contributed by atoms with Crippen LogP contribution in [0, 0.1) is 0 Å². The number of benzene rings is 1. The fourth-order valence-corrected chi connectivity index (χ4v) is 3.92. The molecule has 21 heavy (non-hydrogen) atoms. The number of hydrogen-bond acceptors (Lipinski definition) is 5. The lowest BCUT2D eigenvalue weighted by Gasteiger charge is -2.12. The Morgan fingerprint density at radius 2 is 1.90 bits per heavy atom. The lowest BCUT2D eigenvalue weighted by atomic mass is 10.1. The van der Waals surface area contributed by atoms with E-state index >= 15 is 0 Å². The summed E-state index contributed by atoms with van der Waals surface area (Å²) in [6.07, 6.45) is 0.501. The first-order chi connectivity index (χ1) is 9.86. The van der Waals surface area contributed by atoms with Crippen LogP contribution in [0.15, 0.2) is 45.1 Å². The summed E-state index contributed by atoms with van der Waals surface area (Å²) in [5.41, 5.74) is 0.697. The molecule has 0 spiro atoms. The van der Waals surface area contributed by atoms with Gasteiger partial charge in [0.1, 0.15) is 0 Å². The Bertz CT molecular complexity index is 695. The molecule has 7 heteroatoms. The molecule has 2 N–H and O–H groups in total. The van der Waals surface area contributed by atoms with E-state index in [0.717, 1.165) is 3.79 Å². The van der Waals surface area contributed by atoms with Gasteiger partial charge in [-0.1, -0.05) is 12.1 Å². The standard InChI is InChI=1S/C14H16BrNO3S2/c1-21(18,19)12-5-2-10(3-6-12)13(17)9-16-8-11-4-7-14(15)20-11/h2-7,13,16-17H,8-9H2,1H3. The number of halogens is 1. The Hall–Kier alpha value is -0.730. The summed E-state index contributed by atoms with van der Waals surface area (Å²) in [5, 5.41) is 13.3. The normalized spacial score (nSPS) is 13.3. The van der Waals surface area contributed by atoms with Crippen LogP contribution in [0.2, 0.25) is 0 Å². The van der Waals surface area contributed by atoms with Crippen LogP contribution in [0.5, 0.6) is 0 Å². The molecular formula is C14H16BrNO3S2. The minimum atomic E-state index is -3.20. The third-order valence-corrected chi connectivity index (χ3v) is 5.71. The molecule has 2 aromatic rings.